The third-order valence-electron chi connectivity index (χ3n) is 4.83. The number of hydrogen-bond donors (Lipinski definition) is 2. The standard InChI is InChI=1S/C21H36N4O2S.HI/c1-18(2)15-20(25-10-12-27-13-11-25)16-24-21(22-3)23-9-14-28(26)17-19-7-5-4-6-8-19;/h4-8,18,20H,9-17H2,1-3H3,(H2,22,23,24);1H. The van der Waals surface area contributed by atoms with E-state index < -0.39 is 10.8 Å². The zero-order valence-corrected chi connectivity index (χ0v) is 21.1. The van der Waals surface area contributed by atoms with Crippen molar-refractivity contribution < 1.29 is 8.95 Å². The van der Waals surface area contributed by atoms with Gasteiger partial charge in [0.1, 0.15) is 0 Å². The molecule has 1 saturated heterocycles. The number of halogens is 1. The van der Waals surface area contributed by atoms with Crippen molar-refractivity contribution in [2.24, 2.45) is 10.9 Å². The fourth-order valence-corrected chi connectivity index (χ4v) is 4.44. The van der Waals surface area contributed by atoms with Gasteiger partial charge >= 0.3 is 0 Å². The van der Waals surface area contributed by atoms with Crippen LogP contribution in [0.15, 0.2) is 35.3 Å². The van der Waals surface area contributed by atoms with E-state index in [1.807, 2.05) is 30.3 Å². The van der Waals surface area contributed by atoms with Crippen molar-refractivity contribution in [3.8, 4) is 0 Å². The van der Waals surface area contributed by atoms with Crippen LogP contribution in [-0.4, -0.2) is 73.3 Å². The predicted octanol–water partition coefficient (Wildman–Crippen LogP) is 2.47. The SMILES string of the molecule is CN=C(NCCS(=O)Cc1ccccc1)NCC(CC(C)C)N1CCOCC1.I. The maximum Gasteiger partial charge on any atom is 0.191 e. The Morgan fingerprint density at radius 1 is 1.21 bits per heavy atom. The molecule has 6 nitrogen and oxygen atoms in total. The van der Waals surface area contributed by atoms with Crippen LogP contribution in [0.2, 0.25) is 0 Å². The molecule has 1 aliphatic heterocycles. The minimum atomic E-state index is -0.881. The van der Waals surface area contributed by atoms with Crippen LogP contribution in [0.4, 0.5) is 0 Å². The van der Waals surface area contributed by atoms with Crippen molar-refractivity contribution in [3.63, 3.8) is 0 Å². The summed E-state index contributed by atoms with van der Waals surface area (Å²) in [5, 5.41) is 6.75. The lowest BCUT2D eigenvalue weighted by Gasteiger charge is -2.35. The normalized spacial score (nSPS) is 17.4. The summed E-state index contributed by atoms with van der Waals surface area (Å²) >= 11 is 0. The van der Waals surface area contributed by atoms with Gasteiger partial charge in [-0.2, -0.15) is 0 Å². The van der Waals surface area contributed by atoms with Crippen LogP contribution in [0, 0.1) is 5.92 Å². The molecule has 1 aromatic rings. The Morgan fingerprint density at radius 3 is 2.52 bits per heavy atom. The van der Waals surface area contributed by atoms with Crippen LogP contribution in [0.5, 0.6) is 0 Å². The summed E-state index contributed by atoms with van der Waals surface area (Å²) < 4.78 is 17.8. The third-order valence-corrected chi connectivity index (χ3v) is 6.14. The van der Waals surface area contributed by atoms with Crippen molar-refractivity contribution in [2.45, 2.75) is 32.1 Å². The van der Waals surface area contributed by atoms with Gasteiger partial charge in [0.2, 0.25) is 0 Å². The Bertz CT molecular complexity index is 610. The molecule has 1 fully saturated rings. The number of ether oxygens (including phenoxy) is 1. The van der Waals surface area contributed by atoms with Crippen LogP contribution >= 0.6 is 24.0 Å². The van der Waals surface area contributed by atoms with E-state index in [1.54, 1.807) is 7.05 Å². The molecule has 2 unspecified atom stereocenters. The van der Waals surface area contributed by atoms with Gasteiger partial charge in [-0.1, -0.05) is 44.2 Å². The molecule has 2 N–H and O–H groups in total. The number of nitrogens with zero attached hydrogens (tertiary/aromatic N) is 2. The van der Waals surface area contributed by atoms with Crippen LogP contribution in [0.1, 0.15) is 25.8 Å². The minimum absolute atomic E-state index is 0. The first-order valence-corrected chi connectivity index (χ1v) is 11.7. The Labute approximate surface area is 195 Å². The van der Waals surface area contributed by atoms with Crippen LogP contribution in [0.25, 0.3) is 0 Å². The fourth-order valence-electron chi connectivity index (χ4n) is 3.40. The number of benzene rings is 1. The highest BCUT2D eigenvalue weighted by Gasteiger charge is 2.22. The summed E-state index contributed by atoms with van der Waals surface area (Å²) in [6, 6.07) is 10.5. The monoisotopic (exact) mass is 536 g/mol. The molecule has 166 valence electrons. The first kappa shape index (κ1) is 26.3. The molecule has 0 amide bonds. The van der Waals surface area contributed by atoms with E-state index in [9.17, 15) is 4.21 Å². The van der Waals surface area contributed by atoms with E-state index >= 15 is 0 Å². The number of aliphatic imine (C=N–C) groups is 1. The average Bonchev–Trinajstić information content (AvgIpc) is 2.70. The van der Waals surface area contributed by atoms with E-state index in [-0.39, 0.29) is 24.0 Å². The molecule has 1 heterocycles. The summed E-state index contributed by atoms with van der Waals surface area (Å²) in [5.74, 6) is 2.63. The largest absolute Gasteiger partial charge is 0.379 e. The summed E-state index contributed by atoms with van der Waals surface area (Å²) in [6.07, 6.45) is 1.14. The average molecular weight is 537 g/mol. The van der Waals surface area contributed by atoms with Crippen molar-refractivity contribution in [2.75, 3.05) is 52.2 Å². The molecule has 0 saturated carbocycles. The van der Waals surface area contributed by atoms with Gasteiger partial charge in [0.25, 0.3) is 0 Å². The van der Waals surface area contributed by atoms with Crippen molar-refractivity contribution >= 4 is 40.7 Å². The van der Waals surface area contributed by atoms with E-state index in [0.29, 0.717) is 30.0 Å². The molecular formula is C21H37IN4O2S. The number of morpholine rings is 1. The highest BCUT2D eigenvalue weighted by molar-refractivity contribution is 14.0. The van der Waals surface area contributed by atoms with Crippen molar-refractivity contribution in [1.29, 1.82) is 0 Å². The second kappa shape index (κ2) is 15.1. The lowest BCUT2D eigenvalue weighted by atomic mass is 10.0. The molecule has 2 rings (SSSR count). The second-order valence-electron chi connectivity index (χ2n) is 7.59. The lowest BCUT2D eigenvalue weighted by Crippen LogP contribution is -2.51. The smallest absolute Gasteiger partial charge is 0.191 e. The summed E-state index contributed by atoms with van der Waals surface area (Å²) in [4.78, 5) is 6.83. The zero-order valence-electron chi connectivity index (χ0n) is 17.9. The molecular weight excluding hydrogens is 499 g/mol. The van der Waals surface area contributed by atoms with Crippen molar-refractivity contribution in [3.05, 3.63) is 35.9 Å². The molecule has 0 aliphatic carbocycles. The lowest BCUT2D eigenvalue weighted by molar-refractivity contribution is 0.0132. The predicted molar refractivity (Wildman–Crippen MR) is 134 cm³/mol. The molecule has 0 bridgehead atoms. The van der Waals surface area contributed by atoms with Gasteiger partial charge in [-0.15, -0.1) is 24.0 Å². The number of hydrogen-bond acceptors (Lipinski definition) is 4. The Morgan fingerprint density at radius 2 is 1.90 bits per heavy atom. The Hall–Kier alpha value is -0.710. The molecule has 29 heavy (non-hydrogen) atoms. The highest BCUT2D eigenvalue weighted by atomic mass is 127. The summed E-state index contributed by atoms with van der Waals surface area (Å²) in [5.41, 5.74) is 1.12. The molecule has 0 spiro atoms. The van der Waals surface area contributed by atoms with Crippen LogP contribution in [0.3, 0.4) is 0 Å². The van der Waals surface area contributed by atoms with Gasteiger partial charge < -0.3 is 15.4 Å². The van der Waals surface area contributed by atoms with Gasteiger partial charge in [0.15, 0.2) is 5.96 Å². The first-order valence-electron chi connectivity index (χ1n) is 10.2. The molecule has 8 heteroatoms. The first-order chi connectivity index (χ1) is 13.6. The molecule has 0 aromatic heterocycles. The van der Waals surface area contributed by atoms with Crippen LogP contribution < -0.4 is 10.6 Å². The van der Waals surface area contributed by atoms with Crippen LogP contribution in [-0.2, 0) is 21.3 Å². The maximum absolute atomic E-state index is 12.3. The van der Waals surface area contributed by atoms with Gasteiger partial charge in [-0.25, -0.2) is 0 Å². The minimum Gasteiger partial charge on any atom is -0.379 e. The summed E-state index contributed by atoms with van der Waals surface area (Å²) in [6.45, 7) is 9.64. The Kier molecular flexibility index (Phi) is 13.7. The van der Waals surface area contributed by atoms with E-state index in [2.05, 4.69) is 34.4 Å². The Balaban J connectivity index is 0.00000420. The molecule has 0 radical (unpaired) electrons. The number of guanidine groups is 1. The van der Waals surface area contributed by atoms with Gasteiger partial charge in [-0.3, -0.25) is 14.1 Å². The number of nitrogens with one attached hydrogen (secondary N) is 2. The van der Waals surface area contributed by atoms with Gasteiger partial charge in [0.05, 0.1) is 13.2 Å². The fraction of sp³-hybridized carbons (Fsp3) is 0.667. The third kappa shape index (κ3) is 10.8. The van der Waals surface area contributed by atoms with Gasteiger partial charge in [-0.05, 0) is 17.9 Å². The molecule has 2 atom stereocenters. The van der Waals surface area contributed by atoms with Gasteiger partial charge in [0, 0.05) is 61.6 Å². The molecule has 1 aromatic carbocycles. The topological polar surface area (TPSA) is 66.0 Å². The van der Waals surface area contributed by atoms with E-state index in [1.165, 1.54) is 0 Å². The zero-order chi connectivity index (χ0) is 20.2. The summed E-state index contributed by atoms with van der Waals surface area (Å²) in [7, 11) is 0.899. The quantitative estimate of drug-likeness (QED) is 0.273. The maximum atomic E-state index is 12.3. The highest BCUT2D eigenvalue weighted by Crippen LogP contribution is 2.13. The number of rotatable bonds is 10. The van der Waals surface area contributed by atoms with E-state index in [0.717, 1.165) is 50.8 Å². The molecule has 1 aliphatic rings. The van der Waals surface area contributed by atoms with Crippen molar-refractivity contribution in [1.82, 2.24) is 15.5 Å². The van der Waals surface area contributed by atoms with E-state index in [4.69, 9.17) is 4.74 Å². The second-order valence-corrected chi connectivity index (χ2v) is 9.16.